The van der Waals surface area contributed by atoms with Gasteiger partial charge in [-0.05, 0) is 20.3 Å². The number of aryl methyl sites for hydroxylation is 2. The van der Waals surface area contributed by atoms with Crippen molar-refractivity contribution >= 4 is 11.6 Å². The first-order chi connectivity index (χ1) is 9.56. The van der Waals surface area contributed by atoms with Crippen LogP contribution in [0.3, 0.4) is 0 Å². The van der Waals surface area contributed by atoms with Crippen molar-refractivity contribution in [2.45, 2.75) is 52.7 Å². The van der Waals surface area contributed by atoms with Gasteiger partial charge in [-0.25, -0.2) is 4.98 Å². The van der Waals surface area contributed by atoms with Crippen LogP contribution >= 0.6 is 11.6 Å². The second-order valence-electron chi connectivity index (χ2n) is 5.03. The van der Waals surface area contributed by atoms with Crippen molar-refractivity contribution in [3.63, 3.8) is 0 Å². The predicted octanol–water partition coefficient (Wildman–Crippen LogP) is 2.25. The first-order valence-electron chi connectivity index (χ1n) is 7.06. The van der Waals surface area contributed by atoms with Crippen LogP contribution in [0.25, 0.3) is 0 Å². The molecule has 0 saturated heterocycles. The molecule has 2 aromatic rings. The van der Waals surface area contributed by atoms with Gasteiger partial charge in [-0.1, -0.05) is 18.5 Å². The number of rotatable bonds is 6. The van der Waals surface area contributed by atoms with Gasteiger partial charge in [-0.15, -0.1) is 0 Å². The fourth-order valence-electron chi connectivity index (χ4n) is 2.29. The molecule has 0 saturated carbocycles. The largest absolute Gasteiger partial charge is 0.329 e. The highest BCUT2D eigenvalue weighted by atomic mass is 35.5. The van der Waals surface area contributed by atoms with Crippen molar-refractivity contribution in [1.29, 1.82) is 0 Å². The zero-order chi connectivity index (χ0) is 14.7. The molecule has 0 bridgehead atoms. The summed E-state index contributed by atoms with van der Waals surface area (Å²) in [7, 11) is 0. The smallest absolute Gasteiger partial charge is 0.110 e. The highest BCUT2D eigenvalue weighted by Crippen LogP contribution is 2.23. The Balaban J connectivity index is 2.30. The van der Waals surface area contributed by atoms with E-state index in [1.54, 1.807) is 6.20 Å². The zero-order valence-electron chi connectivity index (χ0n) is 12.3. The third-order valence-electron chi connectivity index (χ3n) is 3.32. The molecule has 0 amide bonds. The summed E-state index contributed by atoms with van der Waals surface area (Å²) in [5.74, 6) is 0.984. The number of hydrogen-bond acceptors (Lipinski definition) is 3. The van der Waals surface area contributed by atoms with Crippen LogP contribution in [0.4, 0.5) is 0 Å². The maximum atomic E-state index is 6.44. The monoisotopic (exact) mass is 295 g/mol. The normalized spacial score (nSPS) is 12.8. The first kappa shape index (κ1) is 15.1. The molecule has 0 aliphatic heterocycles. The summed E-state index contributed by atoms with van der Waals surface area (Å²) in [4.78, 5) is 4.37. The first-order valence-corrected chi connectivity index (χ1v) is 7.44. The number of hydrogen-bond donors (Lipinski definition) is 1. The van der Waals surface area contributed by atoms with E-state index in [1.165, 1.54) is 0 Å². The van der Waals surface area contributed by atoms with E-state index in [0.29, 0.717) is 6.54 Å². The minimum atomic E-state index is 0.0916. The van der Waals surface area contributed by atoms with Gasteiger partial charge >= 0.3 is 0 Å². The van der Waals surface area contributed by atoms with Crippen LogP contribution < -0.4 is 5.73 Å². The van der Waals surface area contributed by atoms with Crippen LogP contribution in [0.5, 0.6) is 0 Å². The quantitative estimate of drug-likeness (QED) is 0.889. The van der Waals surface area contributed by atoms with E-state index in [1.807, 2.05) is 17.8 Å². The lowest BCUT2D eigenvalue weighted by Gasteiger charge is -2.11. The summed E-state index contributed by atoms with van der Waals surface area (Å²) in [6.45, 7) is 7.62. The minimum absolute atomic E-state index is 0.0916. The molecule has 1 unspecified atom stereocenters. The zero-order valence-corrected chi connectivity index (χ0v) is 13.1. The summed E-state index contributed by atoms with van der Waals surface area (Å²) >= 11 is 6.44. The fraction of sp³-hybridized carbons (Fsp3) is 0.571. The van der Waals surface area contributed by atoms with Crippen molar-refractivity contribution in [2.75, 3.05) is 0 Å². The standard InChI is InChI=1S/C14H22ClN5/c1-4-11-14(15)12(20(5-2)18-11)9-19-7-6-17-13(19)8-10(3)16/h6-7,10H,4-5,8-9,16H2,1-3H3. The highest BCUT2D eigenvalue weighted by Gasteiger charge is 2.16. The molecule has 2 N–H and O–H groups in total. The number of nitrogens with two attached hydrogens (primary N) is 1. The van der Waals surface area contributed by atoms with Gasteiger partial charge in [0, 0.05) is 31.4 Å². The van der Waals surface area contributed by atoms with Crippen LogP contribution in [-0.2, 0) is 25.9 Å². The van der Waals surface area contributed by atoms with Crippen molar-refractivity contribution < 1.29 is 0 Å². The maximum absolute atomic E-state index is 6.44. The Morgan fingerprint density at radius 3 is 2.75 bits per heavy atom. The van der Waals surface area contributed by atoms with Crippen LogP contribution in [0.2, 0.25) is 5.02 Å². The molecule has 5 nitrogen and oxygen atoms in total. The number of halogens is 1. The summed E-state index contributed by atoms with van der Waals surface area (Å²) in [6, 6.07) is 0.0916. The van der Waals surface area contributed by atoms with Crippen LogP contribution in [0, 0.1) is 0 Å². The van der Waals surface area contributed by atoms with Gasteiger partial charge < -0.3 is 10.3 Å². The molecule has 2 aromatic heterocycles. The van der Waals surface area contributed by atoms with Gasteiger partial charge in [-0.2, -0.15) is 5.10 Å². The second-order valence-corrected chi connectivity index (χ2v) is 5.41. The van der Waals surface area contributed by atoms with Gasteiger partial charge in [0.2, 0.25) is 0 Å². The number of nitrogens with zero attached hydrogens (tertiary/aromatic N) is 4. The molecule has 1 atom stereocenters. The van der Waals surface area contributed by atoms with Gasteiger partial charge in [0.05, 0.1) is 23.0 Å². The summed E-state index contributed by atoms with van der Waals surface area (Å²) in [5, 5.41) is 5.32. The summed E-state index contributed by atoms with van der Waals surface area (Å²) in [5.41, 5.74) is 7.85. The second kappa shape index (κ2) is 6.41. The molecule has 0 fully saturated rings. The number of imidazole rings is 1. The molecular weight excluding hydrogens is 274 g/mol. The Bertz CT molecular complexity index is 570. The molecule has 0 aliphatic carbocycles. The van der Waals surface area contributed by atoms with E-state index in [-0.39, 0.29) is 6.04 Å². The molecule has 20 heavy (non-hydrogen) atoms. The minimum Gasteiger partial charge on any atom is -0.329 e. The molecule has 2 heterocycles. The van der Waals surface area contributed by atoms with Crippen molar-refractivity contribution in [3.8, 4) is 0 Å². The Morgan fingerprint density at radius 2 is 2.15 bits per heavy atom. The lowest BCUT2D eigenvalue weighted by Crippen LogP contribution is -2.21. The lowest BCUT2D eigenvalue weighted by atomic mass is 10.2. The Kier molecular flexibility index (Phi) is 4.83. The van der Waals surface area contributed by atoms with Crippen molar-refractivity contribution in [3.05, 3.63) is 34.6 Å². The summed E-state index contributed by atoms with van der Waals surface area (Å²) < 4.78 is 4.06. The van der Waals surface area contributed by atoms with Crippen LogP contribution in [0.15, 0.2) is 12.4 Å². The van der Waals surface area contributed by atoms with Gasteiger partial charge in [0.25, 0.3) is 0 Å². The highest BCUT2D eigenvalue weighted by molar-refractivity contribution is 6.31. The summed E-state index contributed by atoms with van der Waals surface area (Å²) in [6.07, 6.45) is 5.37. The van der Waals surface area contributed by atoms with E-state index in [4.69, 9.17) is 17.3 Å². The lowest BCUT2D eigenvalue weighted by molar-refractivity contribution is 0.578. The van der Waals surface area contributed by atoms with Crippen LogP contribution in [-0.4, -0.2) is 25.4 Å². The van der Waals surface area contributed by atoms with E-state index in [0.717, 1.165) is 41.6 Å². The molecule has 110 valence electrons. The van der Waals surface area contributed by atoms with Gasteiger partial charge in [0.1, 0.15) is 5.82 Å². The third kappa shape index (κ3) is 3.04. The molecule has 2 rings (SSSR count). The SMILES string of the molecule is CCc1nn(CC)c(Cn2ccnc2CC(C)N)c1Cl. The predicted molar refractivity (Wildman–Crippen MR) is 81.0 cm³/mol. The maximum Gasteiger partial charge on any atom is 0.110 e. The van der Waals surface area contributed by atoms with Crippen LogP contribution in [0.1, 0.15) is 38.0 Å². The van der Waals surface area contributed by atoms with Gasteiger partial charge in [-0.3, -0.25) is 4.68 Å². The van der Waals surface area contributed by atoms with E-state index in [9.17, 15) is 0 Å². The average molecular weight is 296 g/mol. The van der Waals surface area contributed by atoms with Crippen molar-refractivity contribution in [2.24, 2.45) is 5.73 Å². The molecule has 0 aliphatic rings. The Labute approximate surface area is 124 Å². The number of aromatic nitrogens is 4. The molecule has 6 heteroatoms. The van der Waals surface area contributed by atoms with E-state index < -0.39 is 0 Å². The third-order valence-corrected chi connectivity index (χ3v) is 3.76. The average Bonchev–Trinajstić information content (AvgIpc) is 2.96. The van der Waals surface area contributed by atoms with Crippen molar-refractivity contribution in [1.82, 2.24) is 19.3 Å². The van der Waals surface area contributed by atoms with E-state index >= 15 is 0 Å². The molecular formula is C14H22ClN5. The van der Waals surface area contributed by atoms with Gasteiger partial charge in [0.15, 0.2) is 0 Å². The van der Waals surface area contributed by atoms with E-state index in [2.05, 4.69) is 28.5 Å². The Morgan fingerprint density at radius 1 is 1.40 bits per heavy atom. The molecule has 0 radical (unpaired) electrons. The molecule has 0 aromatic carbocycles. The topological polar surface area (TPSA) is 61.7 Å². The Hall–Kier alpha value is -1.33. The fourth-order valence-corrected chi connectivity index (χ4v) is 2.62. The molecule has 0 spiro atoms.